The van der Waals surface area contributed by atoms with Crippen LogP contribution in [0.3, 0.4) is 0 Å². The average Bonchev–Trinajstić information content (AvgIpc) is 3.39. The third-order valence-electron chi connectivity index (χ3n) is 7.36. The summed E-state index contributed by atoms with van der Waals surface area (Å²) in [4.78, 5) is 18.9. The number of hydrogen-bond acceptors (Lipinski definition) is 4. The van der Waals surface area contributed by atoms with Crippen LogP contribution < -0.4 is 10.0 Å². The molecule has 4 aromatic rings. The predicted octanol–water partition coefficient (Wildman–Crippen LogP) is 6.69. The Morgan fingerprint density at radius 2 is 1.80 bits per heavy atom. The van der Waals surface area contributed by atoms with Crippen LogP contribution in [0.5, 0.6) is 5.75 Å². The zero-order valence-electron chi connectivity index (χ0n) is 24.0. The predicted molar refractivity (Wildman–Crippen MR) is 140 cm³/mol. The Balaban J connectivity index is 1.58. The van der Waals surface area contributed by atoms with Crippen LogP contribution in [0, 0.1) is 0 Å². The van der Waals surface area contributed by atoms with Crippen molar-refractivity contribution in [1.29, 1.82) is 0 Å². The van der Waals surface area contributed by atoms with E-state index in [4.69, 9.17) is 8.85 Å². The van der Waals surface area contributed by atoms with Crippen LogP contribution in [0.4, 0.5) is 22.0 Å². The first-order chi connectivity index (χ1) is 20.0. The summed E-state index contributed by atoms with van der Waals surface area (Å²) < 4.78 is 112. The van der Waals surface area contributed by atoms with E-state index in [1.807, 2.05) is 0 Å². The Bertz CT molecular complexity index is 1850. The molecule has 0 fully saturated rings. The molecule has 2 aliphatic rings. The molecule has 0 radical (unpaired) electrons. The lowest BCUT2D eigenvalue weighted by Crippen LogP contribution is -2.30. The van der Waals surface area contributed by atoms with Gasteiger partial charge in [-0.25, -0.2) is 4.98 Å². The fourth-order valence-electron chi connectivity index (χ4n) is 5.70. The number of rotatable bonds is 4. The van der Waals surface area contributed by atoms with E-state index >= 15 is 0 Å². The minimum absolute atomic E-state index is 0.00154. The summed E-state index contributed by atoms with van der Waals surface area (Å²) in [5.74, 6) is -0.981. The van der Waals surface area contributed by atoms with Gasteiger partial charge in [-0.15, -0.1) is 0 Å². The second-order valence-corrected chi connectivity index (χ2v) is 13.3. The fraction of sp³-hybridized carbons (Fsp3) is 0.286. The van der Waals surface area contributed by atoms with Crippen LogP contribution in [-0.2, 0) is 10.7 Å². The minimum Gasteiger partial charge on any atom is -0.434 e. The van der Waals surface area contributed by atoms with Gasteiger partial charge in [0, 0.05) is 33.9 Å². The van der Waals surface area contributed by atoms with Gasteiger partial charge in [0.05, 0.1) is 28.7 Å². The van der Waals surface area contributed by atoms with Crippen molar-refractivity contribution in [1.82, 2.24) is 14.5 Å². The van der Waals surface area contributed by atoms with Crippen LogP contribution in [0.25, 0.3) is 22.2 Å². The number of amides is 1. The molecule has 0 N–H and O–H groups in total. The lowest BCUT2D eigenvalue weighted by atomic mass is 9.97. The second-order valence-electron chi connectivity index (χ2n) is 10.2. The van der Waals surface area contributed by atoms with E-state index < -0.39 is 50.5 Å². The third kappa shape index (κ3) is 4.10. The highest BCUT2D eigenvalue weighted by atomic mass is 31.2. The van der Waals surface area contributed by atoms with Crippen LogP contribution >= 0.6 is 7.14 Å². The van der Waals surface area contributed by atoms with Gasteiger partial charge in [-0.3, -0.25) is 4.79 Å². The molecule has 208 valence electrons. The van der Waals surface area contributed by atoms with Gasteiger partial charge >= 0.3 is 12.8 Å². The number of halogens is 5. The van der Waals surface area contributed by atoms with Crippen molar-refractivity contribution in [3.8, 4) is 16.9 Å². The summed E-state index contributed by atoms with van der Waals surface area (Å²) in [5.41, 5.74) is 0.237. The SMILES string of the molecule is [2H]C([2H])([2H])N1C(=O)c2cccc(OC(F)F)c2[C@H]2C[C@@H]1c1nc3ccc(-c4ccc(P(C)(C)=O)c(C(F)(F)F)c4)cc3n12. The van der Waals surface area contributed by atoms with Gasteiger partial charge in [-0.05, 0) is 54.8 Å². The number of aromatic nitrogens is 2. The van der Waals surface area contributed by atoms with E-state index in [0.29, 0.717) is 21.5 Å². The van der Waals surface area contributed by atoms with Gasteiger partial charge in [0.1, 0.15) is 18.7 Å². The molecular formula is C28H23F5N3O3P. The molecule has 40 heavy (non-hydrogen) atoms. The Morgan fingerprint density at radius 3 is 2.48 bits per heavy atom. The maximum Gasteiger partial charge on any atom is 0.417 e. The van der Waals surface area contributed by atoms with Gasteiger partial charge in [0.15, 0.2) is 0 Å². The van der Waals surface area contributed by atoms with Crippen LogP contribution in [-0.4, -0.2) is 47.3 Å². The van der Waals surface area contributed by atoms with Crippen molar-refractivity contribution < 1.29 is 40.2 Å². The van der Waals surface area contributed by atoms with Crippen molar-refractivity contribution in [3.63, 3.8) is 0 Å². The summed E-state index contributed by atoms with van der Waals surface area (Å²) in [6.45, 7) is -3.61. The lowest BCUT2D eigenvalue weighted by molar-refractivity contribution is -0.136. The van der Waals surface area contributed by atoms with Crippen LogP contribution in [0.1, 0.15) is 49.9 Å². The minimum atomic E-state index is -4.76. The number of benzene rings is 3. The molecular weight excluding hydrogens is 552 g/mol. The van der Waals surface area contributed by atoms with Crippen molar-refractivity contribution in [2.24, 2.45) is 0 Å². The molecule has 2 atom stereocenters. The van der Waals surface area contributed by atoms with E-state index in [9.17, 15) is 31.3 Å². The monoisotopic (exact) mass is 578 g/mol. The summed E-state index contributed by atoms with van der Waals surface area (Å²) in [6.07, 6.45) is -4.77. The zero-order valence-corrected chi connectivity index (χ0v) is 21.9. The van der Waals surface area contributed by atoms with E-state index in [-0.39, 0.29) is 40.0 Å². The molecule has 0 saturated carbocycles. The van der Waals surface area contributed by atoms with E-state index in [1.165, 1.54) is 43.7 Å². The number of hydrogen-bond donors (Lipinski definition) is 0. The van der Waals surface area contributed by atoms with Crippen LogP contribution in [0.15, 0.2) is 54.6 Å². The Kier molecular flexibility index (Phi) is 5.12. The first kappa shape index (κ1) is 23.0. The quantitative estimate of drug-likeness (QED) is 0.200. The second kappa shape index (κ2) is 8.89. The van der Waals surface area contributed by atoms with Crippen molar-refractivity contribution in [2.45, 2.75) is 31.3 Å². The third-order valence-corrected chi connectivity index (χ3v) is 8.92. The first-order valence-electron chi connectivity index (χ1n) is 13.7. The maximum atomic E-state index is 14.0. The van der Waals surface area contributed by atoms with Gasteiger partial charge in [0.2, 0.25) is 0 Å². The summed E-state index contributed by atoms with van der Waals surface area (Å²) >= 11 is 0. The molecule has 2 bridgehead atoms. The number of fused-ring (bicyclic) bond motifs is 9. The molecule has 0 aliphatic carbocycles. The highest BCUT2D eigenvalue weighted by Gasteiger charge is 2.45. The molecule has 6 nitrogen and oxygen atoms in total. The van der Waals surface area contributed by atoms with E-state index in [1.54, 1.807) is 22.8 Å². The first-order valence-corrected chi connectivity index (χ1v) is 14.8. The molecule has 0 unspecified atom stereocenters. The Labute approximate surface area is 230 Å². The largest absolute Gasteiger partial charge is 0.434 e. The van der Waals surface area contributed by atoms with Crippen molar-refractivity contribution in [2.75, 3.05) is 20.3 Å². The van der Waals surface area contributed by atoms with E-state index in [2.05, 4.69) is 4.98 Å². The summed E-state index contributed by atoms with van der Waals surface area (Å²) in [5, 5.41) is -0.294. The van der Waals surface area contributed by atoms with Crippen LogP contribution in [0.2, 0.25) is 0 Å². The Morgan fingerprint density at radius 1 is 1.07 bits per heavy atom. The number of alkyl halides is 5. The average molecular weight is 578 g/mol. The zero-order chi connectivity index (χ0) is 31.2. The highest BCUT2D eigenvalue weighted by Crippen LogP contribution is 2.50. The molecule has 12 heteroatoms. The molecule has 1 aromatic heterocycles. The number of carbonyl (C=O) groups excluding carboxylic acids is 1. The number of carbonyl (C=O) groups is 1. The molecule has 1 amide bonds. The molecule has 0 saturated heterocycles. The van der Waals surface area contributed by atoms with Crippen molar-refractivity contribution >= 4 is 29.4 Å². The van der Waals surface area contributed by atoms with Gasteiger partial charge in [0.25, 0.3) is 5.91 Å². The van der Waals surface area contributed by atoms with Crippen molar-refractivity contribution in [3.05, 3.63) is 77.1 Å². The molecule has 6 rings (SSSR count). The smallest absolute Gasteiger partial charge is 0.417 e. The number of ether oxygens (including phenoxy) is 1. The summed E-state index contributed by atoms with van der Waals surface area (Å²) in [7, 11) is -3.27. The lowest BCUT2D eigenvalue weighted by Gasteiger charge is -2.24. The summed E-state index contributed by atoms with van der Waals surface area (Å²) in [6, 6.07) is 10.3. The number of imidazole rings is 1. The molecule has 2 aliphatic heterocycles. The van der Waals surface area contributed by atoms with Gasteiger partial charge < -0.3 is 18.8 Å². The van der Waals surface area contributed by atoms with E-state index in [0.717, 1.165) is 6.07 Å². The van der Waals surface area contributed by atoms with Gasteiger partial charge in [-0.2, -0.15) is 22.0 Å². The molecule has 0 spiro atoms. The molecule has 3 heterocycles. The normalized spacial score (nSPS) is 20.1. The van der Waals surface area contributed by atoms with Gasteiger partial charge in [-0.1, -0.05) is 24.3 Å². The Hall–Kier alpha value is -3.72. The topological polar surface area (TPSA) is 64.4 Å². The molecule has 3 aromatic carbocycles. The fourth-order valence-corrected chi connectivity index (χ4v) is 6.91. The highest BCUT2D eigenvalue weighted by molar-refractivity contribution is 7.70. The number of nitrogens with zero attached hydrogens (tertiary/aromatic N) is 3. The standard InChI is InChI=1S/C28H23F5N3O3P/c1-35-21-13-20(24-16(26(35)37)5-4-6-22(24)39-27(29)30)36-19-12-15(7-9-18(19)34-25(21)36)14-8-10-23(40(2,3)38)17(11-14)28(31,32)33/h4-12,20-21,27H,13H2,1-3H3/t20-,21-/m1/s1/i1D3. The maximum absolute atomic E-state index is 14.0.